The van der Waals surface area contributed by atoms with Gasteiger partial charge in [0.1, 0.15) is 11.9 Å². The molecule has 3 aromatic carbocycles. The van der Waals surface area contributed by atoms with Crippen LogP contribution in [-0.4, -0.2) is 70.0 Å². The van der Waals surface area contributed by atoms with Gasteiger partial charge in [-0.25, -0.2) is 12.8 Å². The molecular formula is C29H34FN3O6S. The molecule has 0 aliphatic heterocycles. The van der Waals surface area contributed by atoms with E-state index in [1.807, 2.05) is 12.1 Å². The van der Waals surface area contributed by atoms with Crippen molar-refractivity contribution in [1.29, 1.82) is 0 Å². The van der Waals surface area contributed by atoms with Crippen LogP contribution in [0.3, 0.4) is 0 Å². The van der Waals surface area contributed by atoms with Crippen LogP contribution in [0.5, 0.6) is 11.5 Å². The quantitative estimate of drug-likeness (QED) is 0.338. The number of ether oxygens (including phenoxy) is 2. The van der Waals surface area contributed by atoms with E-state index in [1.54, 1.807) is 50.6 Å². The Morgan fingerprint density at radius 2 is 1.55 bits per heavy atom. The number of carbonyl (C=O) groups is 2. The summed E-state index contributed by atoms with van der Waals surface area (Å²) in [5.41, 5.74) is 2.03. The van der Waals surface area contributed by atoms with Gasteiger partial charge < -0.3 is 19.7 Å². The van der Waals surface area contributed by atoms with Crippen molar-refractivity contribution < 1.29 is 31.9 Å². The molecule has 0 aromatic heterocycles. The number of halogens is 1. The maximum absolute atomic E-state index is 13.7. The Morgan fingerprint density at radius 1 is 0.925 bits per heavy atom. The number of benzene rings is 3. The molecule has 0 saturated heterocycles. The van der Waals surface area contributed by atoms with Crippen LogP contribution in [0.4, 0.5) is 4.39 Å². The summed E-state index contributed by atoms with van der Waals surface area (Å²) in [4.78, 5) is 28.6. The van der Waals surface area contributed by atoms with E-state index in [9.17, 15) is 22.4 Å². The first-order valence-corrected chi connectivity index (χ1v) is 14.4. The fourth-order valence-electron chi connectivity index (χ4n) is 4.08. The van der Waals surface area contributed by atoms with E-state index in [-0.39, 0.29) is 13.1 Å². The van der Waals surface area contributed by atoms with E-state index < -0.39 is 40.2 Å². The first kappa shape index (κ1) is 30.6. The smallest absolute Gasteiger partial charge is 0.247 e. The summed E-state index contributed by atoms with van der Waals surface area (Å²) in [6, 6.07) is 18.7. The molecule has 3 rings (SSSR count). The van der Waals surface area contributed by atoms with Crippen molar-refractivity contribution in [3.63, 3.8) is 0 Å². The summed E-state index contributed by atoms with van der Waals surface area (Å²) in [5.74, 6) is -0.302. The molecule has 0 spiro atoms. The molecule has 214 valence electrons. The lowest BCUT2D eigenvalue weighted by atomic mass is 10.0. The molecule has 0 aliphatic carbocycles. The van der Waals surface area contributed by atoms with E-state index >= 15 is 0 Å². The summed E-state index contributed by atoms with van der Waals surface area (Å²) >= 11 is 0. The highest BCUT2D eigenvalue weighted by molar-refractivity contribution is 7.88. The Hall–Kier alpha value is -3.96. The SMILES string of the molecule is COc1ccc(CCNC(=O)[C@H](c2ccccc2)N(Cc2ccc(F)cc2)C(=O)CN(C)S(C)(=O)=O)cc1OC. The van der Waals surface area contributed by atoms with Gasteiger partial charge in [0.05, 0.1) is 27.0 Å². The summed E-state index contributed by atoms with van der Waals surface area (Å²) < 4.78 is 49.2. The van der Waals surface area contributed by atoms with Crippen molar-refractivity contribution >= 4 is 21.8 Å². The predicted octanol–water partition coefficient (Wildman–Crippen LogP) is 3.16. The number of carbonyl (C=O) groups excluding carboxylic acids is 2. The van der Waals surface area contributed by atoms with Gasteiger partial charge in [-0.05, 0) is 47.4 Å². The van der Waals surface area contributed by atoms with Crippen LogP contribution < -0.4 is 14.8 Å². The van der Waals surface area contributed by atoms with Crippen molar-refractivity contribution in [2.45, 2.75) is 19.0 Å². The average Bonchev–Trinajstić information content (AvgIpc) is 2.93. The summed E-state index contributed by atoms with van der Waals surface area (Å²) in [5, 5.41) is 2.91. The molecule has 0 fully saturated rings. The number of nitrogens with zero attached hydrogens (tertiary/aromatic N) is 2. The van der Waals surface area contributed by atoms with Crippen molar-refractivity contribution in [1.82, 2.24) is 14.5 Å². The Kier molecular flexibility index (Phi) is 10.6. The van der Waals surface area contributed by atoms with Crippen LogP contribution in [0.25, 0.3) is 0 Å². The average molecular weight is 572 g/mol. The van der Waals surface area contributed by atoms with E-state index in [4.69, 9.17) is 9.47 Å². The Labute approximate surface area is 234 Å². The van der Waals surface area contributed by atoms with Gasteiger partial charge in [-0.15, -0.1) is 0 Å². The molecule has 40 heavy (non-hydrogen) atoms. The van der Waals surface area contributed by atoms with E-state index in [0.29, 0.717) is 29.0 Å². The zero-order valence-electron chi connectivity index (χ0n) is 23.0. The van der Waals surface area contributed by atoms with Crippen LogP contribution in [0.15, 0.2) is 72.8 Å². The summed E-state index contributed by atoms with van der Waals surface area (Å²) in [6.45, 7) is -0.249. The first-order valence-electron chi connectivity index (χ1n) is 12.5. The fraction of sp³-hybridized carbons (Fsp3) is 0.310. The Morgan fingerprint density at radius 3 is 2.15 bits per heavy atom. The molecule has 1 N–H and O–H groups in total. The zero-order valence-corrected chi connectivity index (χ0v) is 23.8. The summed E-state index contributed by atoms with van der Waals surface area (Å²) in [7, 11) is 0.729. The largest absolute Gasteiger partial charge is 0.493 e. The zero-order chi connectivity index (χ0) is 29.3. The van der Waals surface area contributed by atoms with Gasteiger partial charge in [0, 0.05) is 20.1 Å². The maximum atomic E-state index is 13.7. The number of methoxy groups -OCH3 is 2. The number of nitrogens with one attached hydrogen (secondary N) is 1. The standard InChI is InChI=1S/C29H34FN3O6S/c1-32(40(4,36)37)20-27(34)33(19-22-10-13-24(30)14-11-22)28(23-8-6-5-7-9-23)29(35)31-17-16-21-12-15-25(38-2)26(18-21)39-3/h5-15,18,28H,16-17,19-20H2,1-4H3,(H,31,35)/t28-/m0/s1. The minimum atomic E-state index is -3.66. The third-order valence-corrected chi connectivity index (χ3v) is 7.61. The molecule has 0 aliphatic rings. The summed E-state index contributed by atoms with van der Waals surface area (Å²) in [6.07, 6.45) is 1.48. The molecule has 0 radical (unpaired) electrons. The third-order valence-electron chi connectivity index (χ3n) is 6.35. The second-order valence-corrected chi connectivity index (χ2v) is 11.3. The van der Waals surface area contributed by atoms with Crippen LogP contribution in [0.1, 0.15) is 22.7 Å². The van der Waals surface area contributed by atoms with Gasteiger partial charge >= 0.3 is 0 Å². The molecule has 11 heteroatoms. The fourth-order valence-corrected chi connectivity index (χ4v) is 4.42. The van der Waals surface area contributed by atoms with Crippen molar-refractivity contribution in [3.05, 3.63) is 95.3 Å². The second-order valence-electron chi connectivity index (χ2n) is 9.21. The van der Waals surface area contributed by atoms with Crippen molar-refractivity contribution in [2.75, 3.05) is 40.6 Å². The first-order chi connectivity index (χ1) is 19.0. The highest BCUT2D eigenvalue weighted by Gasteiger charge is 2.32. The predicted molar refractivity (Wildman–Crippen MR) is 150 cm³/mol. The van der Waals surface area contributed by atoms with Gasteiger partial charge in [-0.1, -0.05) is 48.5 Å². The number of sulfonamides is 1. The van der Waals surface area contributed by atoms with Crippen LogP contribution in [-0.2, 0) is 32.6 Å². The lowest BCUT2D eigenvalue weighted by molar-refractivity contribution is -0.141. The molecule has 9 nitrogen and oxygen atoms in total. The molecule has 0 unspecified atom stereocenters. The Balaban J connectivity index is 1.89. The topological polar surface area (TPSA) is 105 Å². The van der Waals surface area contributed by atoms with Gasteiger partial charge in [-0.2, -0.15) is 4.31 Å². The van der Waals surface area contributed by atoms with Crippen LogP contribution in [0.2, 0.25) is 0 Å². The third kappa shape index (κ3) is 8.27. The number of amides is 2. The van der Waals surface area contributed by atoms with Crippen molar-refractivity contribution in [3.8, 4) is 11.5 Å². The molecule has 0 bridgehead atoms. The Bertz CT molecular complexity index is 1400. The van der Waals surface area contributed by atoms with Gasteiger partial charge in [0.2, 0.25) is 21.8 Å². The number of hydrogen-bond donors (Lipinski definition) is 1. The molecular weight excluding hydrogens is 537 g/mol. The molecule has 1 atom stereocenters. The van der Waals surface area contributed by atoms with Gasteiger partial charge in [0.25, 0.3) is 0 Å². The highest BCUT2D eigenvalue weighted by Crippen LogP contribution is 2.28. The highest BCUT2D eigenvalue weighted by atomic mass is 32.2. The molecule has 2 amide bonds. The second kappa shape index (κ2) is 13.9. The number of rotatable bonds is 13. The number of hydrogen-bond acceptors (Lipinski definition) is 6. The number of likely N-dealkylation sites (N-methyl/N-ethyl adjacent to an activating group) is 1. The minimum absolute atomic E-state index is 0.0423. The molecule has 0 saturated carbocycles. The van der Waals surface area contributed by atoms with E-state index in [0.717, 1.165) is 16.1 Å². The maximum Gasteiger partial charge on any atom is 0.247 e. The van der Waals surface area contributed by atoms with Gasteiger partial charge in [0.15, 0.2) is 11.5 Å². The van der Waals surface area contributed by atoms with Crippen LogP contribution >= 0.6 is 0 Å². The van der Waals surface area contributed by atoms with E-state index in [2.05, 4.69) is 5.32 Å². The molecule has 0 heterocycles. The lowest BCUT2D eigenvalue weighted by Gasteiger charge is -2.32. The lowest BCUT2D eigenvalue weighted by Crippen LogP contribution is -2.47. The molecule has 3 aromatic rings. The van der Waals surface area contributed by atoms with Crippen molar-refractivity contribution in [2.24, 2.45) is 0 Å². The normalized spacial score (nSPS) is 12.1. The minimum Gasteiger partial charge on any atom is -0.493 e. The van der Waals surface area contributed by atoms with E-state index in [1.165, 1.54) is 36.2 Å². The van der Waals surface area contributed by atoms with Crippen LogP contribution in [0, 0.1) is 5.82 Å². The van der Waals surface area contributed by atoms with Gasteiger partial charge in [-0.3, -0.25) is 9.59 Å². The monoisotopic (exact) mass is 571 g/mol.